The summed E-state index contributed by atoms with van der Waals surface area (Å²) < 4.78 is 13.1. The molecule has 116 valence electrons. The van der Waals surface area contributed by atoms with Gasteiger partial charge >= 0.3 is 6.03 Å². The fourth-order valence-electron chi connectivity index (χ4n) is 2.20. The summed E-state index contributed by atoms with van der Waals surface area (Å²) in [4.78, 5) is 11.9. The van der Waals surface area contributed by atoms with E-state index in [1.165, 1.54) is 17.7 Å². The van der Waals surface area contributed by atoms with E-state index in [1.54, 1.807) is 12.1 Å². The first-order valence-corrected chi connectivity index (χ1v) is 7.46. The molecule has 2 rings (SSSR count). The molecule has 0 fully saturated rings. The molecule has 0 aromatic heterocycles. The van der Waals surface area contributed by atoms with E-state index in [1.807, 2.05) is 19.1 Å². The Balaban J connectivity index is 1.85. The number of aryl methyl sites for hydroxylation is 1. The van der Waals surface area contributed by atoms with E-state index in [2.05, 4.69) is 29.7 Å². The van der Waals surface area contributed by atoms with Gasteiger partial charge in [0.05, 0.1) is 6.04 Å². The van der Waals surface area contributed by atoms with Crippen LogP contribution in [0.2, 0.25) is 0 Å². The first-order valence-electron chi connectivity index (χ1n) is 7.46. The third-order valence-corrected chi connectivity index (χ3v) is 3.58. The van der Waals surface area contributed by atoms with Crippen LogP contribution in [0, 0.1) is 5.82 Å². The molecule has 0 aliphatic rings. The number of nitrogens with one attached hydrogen (secondary N) is 2. The van der Waals surface area contributed by atoms with Crippen LogP contribution in [0.25, 0.3) is 0 Å². The summed E-state index contributed by atoms with van der Waals surface area (Å²) >= 11 is 0. The van der Waals surface area contributed by atoms with Crippen molar-refractivity contribution in [3.05, 3.63) is 71.0 Å². The minimum absolute atomic E-state index is 0.0848. The molecule has 1 atom stereocenters. The molecule has 4 heteroatoms. The van der Waals surface area contributed by atoms with Crippen molar-refractivity contribution in [2.75, 3.05) is 0 Å². The van der Waals surface area contributed by atoms with E-state index in [0.717, 1.165) is 17.5 Å². The number of amides is 2. The van der Waals surface area contributed by atoms with E-state index in [0.29, 0.717) is 6.54 Å². The van der Waals surface area contributed by atoms with Crippen LogP contribution in [-0.4, -0.2) is 6.03 Å². The second-order valence-electron chi connectivity index (χ2n) is 5.27. The van der Waals surface area contributed by atoms with Crippen LogP contribution < -0.4 is 10.6 Å². The van der Waals surface area contributed by atoms with E-state index in [9.17, 15) is 9.18 Å². The van der Waals surface area contributed by atoms with Crippen LogP contribution in [0.4, 0.5) is 9.18 Å². The molecule has 0 aliphatic heterocycles. The third kappa shape index (κ3) is 4.58. The molecule has 0 radical (unpaired) electrons. The van der Waals surface area contributed by atoms with Gasteiger partial charge in [0.2, 0.25) is 0 Å². The maximum Gasteiger partial charge on any atom is 0.315 e. The maximum atomic E-state index is 13.1. The van der Waals surface area contributed by atoms with Gasteiger partial charge in [-0.15, -0.1) is 0 Å². The molecule has 0 bridgehead atoms. The van der Waals surface area contributed by atoms with Gasteiger partial charge in [-0.25, -0.2) is 9.18 Å². The summed E-state index contributed by atoms with van der Waals surface area (Å²) in [5.41, 5.74) is 3.06. The second-order valence-corrected chi connectivity index (χ2v) is 5.27. The van der Waals surface area contributed by atoms with E-state index in [-0.39, 0.29) is 17.9 Å². The minimum Gasteiger partial charge on any atom is -0.334 e. The number of hydrogen-bond acceptors (Lipinski definition) is 1. The van der Waals surface area contributed by atoms with Gasteiger partial charge in [0.25, 0.3) is 0 Å². The molecule has 2 N–H and O–H groups in total. The van der Waals surface area contributed by atoms with Gasteiger partial charge in [0.1, 0.15) is 5.82 Å². The van der Waals surface area contributed by atoms with Crippen molar-refractivity contribution < 1.29 is 9.18 Å². The minimum atomic E-state index is -0.302. The van der Waals surface area contributed by atoms with Crippen molar-refractivity contribution in [3.8, 4) is 0 Å². The zero-order chi connectivity index (χ0) is 15.9. The molecule has 0 spiro atoms. The standard InChI is InChI=1S/C18H21FN2O/c1-3-14-7-9-16(10-8-14)13(2)21-18(22)20-12-15-5-4-6-17(19)11-15/h4-11,13H,3,12H2,1-2H3,(H2,20,21,22). The van der Waals surface area contributed by atoms with Gasteiger partial charge in [0.15, 0.2) is 0 Å². The Hall–Kier alpha value is -2.36. The summed E-state index contributed by atoms with van der Waals surface area (Å²) in [7, 11) is 0. The molecule has 2 aromatic rings. The third-order valence-electron chi connectivity index (χ3n) is 3.58. The molecule has 2 amide bonds. The Kier molecular flexibility index (Phi) is 5.53. The zero-order valence-corrected chi connectivity index (χ0v) is 12.9. The normalized spacial score (nSPS) is 11.8. The summed E-state index contributed by atoms with van der Waals surface area (Å²) in [6.07, 6.45) is 0.996. The first kappa shape index (κ1) is 16.0. The van der Waals surface area contributed by atoms with Gasteiger partial charge in [-0.3, -0.25) is 0 Å². The van der Waals surface area contributed by atoms with Gasteiger partial charge < -0.3 is 10.6 Å². The summed E-state index contributed by atoms with van der Waals surface area (Å²) in [6, 6.07) is 14.0. The van der Waals surface area contributed by atoms with Crippen molar-refractivity contribution in [1.29, 1.82) is 0 Å². The number of hydrogen-bond donors (Lipinski definition) is 2. The molecule has 0 aliphatic carbocycles. The molecule has 0 saturated carbocycles. The smallest absolute Gasteiger partial charge is 0.315 e. The van der Waals surface area contributed by atoms with E-state index >= 15 is 0 Å². The molecule has 0 saturated heterocycles. The predicted molar refractivity (Wildman–Crippen MR) is 86.0 cm³/mol. The summed E-state index contributed by atoms with van der Waals surface area (Å²) in [5, 5.41) is 5.61. The van der Waals surface area contributed by atoms with Gasteiger partial charge in [-0.05, 0) is 42.2 Å². The van der Waals surface area contributed by atoms with Crippen LogP contribution >= 0.6 is 0 Å². The quantitative estimate of drug-likeness (QED) is 0.862. The SMILES string of the molecule is CCc1ccc(C(C)NC(=O)NCc2cccc(F)c2)cc1. The highest BCUT2D eigenvalue weighted by Crippen LogP contribution is 2.13. The highest BCUT2D eigenvalue weighted by atomic mass is 19.1. The highest BCUT2D eigenvalue weighted by Gasteiger charge is 2.09. The average molecular weight is 300 g/mol. The average Bonchev–Trinajstić information content (AvgIpc) is 2.53. The van der Waals surface area contributed by atoms with Gasteiger partial charge in [-0.1, -0.05) is 43.3 Å². The van der Waals surface area contributed by atoms with E-state index in [4.69, 9.17) is 0 Å². The number of rotatable bonds is 5. The van der Waals surface area contributed by atoms with Crippen molar-refractivity contribution in [3.63, 3.8) is 0 Å². The molecule has 22 heavy (non-hydrogen) atoms. The molecular formula is C18H21FN2O. The van der Waals surface area contributed by atoms with Crippen LogP contribution in [0.3, 0.4) is 0 Å². The lowest BCUT2D eigenvalue weighted by atomic mass is 10.1. The van der Waals surface area contributed by atoms with Crippen molar-refractivity contribution in [2.45, 2.75) is 32.9 Å². The van der Waals surface area contributed by atoms with Gasteiger partial charge in [-0.2, -0.15) is 0 Å². The van der Waals surface area contributed by atoms with Crippen LogP contribution in [0.15, 0.2) is 48.5 Å². The molecule has 1 unspecified atom stereocenters. The molecule has 0 heterocycles. The largest absolute Gasteiger partial charge is 0.334 e. The number of urea groups is 1. The van der Waals surface area contributed by atoms with Crippen LogP contribution in [0.1, 0.15) is 36.6 Å². The Morgan fingerprint density at radius 3 is 2.50 bits per heavy atom. The van der Waals surface area contributed by atoms with Gasteiger partial charge in [0, 0.05) is 6.54 Å². The topological polar surface area (TPSA) is 41.1 Å². The first-order chi connectivity index (χ1) is 10.6. The summed E-state index contributed by atoms with van der Waals surface area (Å²) in [5.74, 6) is -0.302. The fraction of sp³-hybridized carbons (Fsp3) is 0.278. The second kappa shape index (κ2) is 7.59. The maximum absolute atomic E-state index is 13.1. The molecule has 2 aromatic carbocycles. The Bertz CT molecular complexity index is 625. The monoisotopic (exact) mass is 300 g/mol. The zero-order valence-electron chi connectivity index (χ0n) is 12.9. The molecule has 3 nitrogen and oxygen atoms in total. The summed E-state index contributed by atoms with van der Waals surface area (Å²) in [6.45, 7) is 4.34. The van der Waals surface area contributed by atoms with Crippen LogP contribution in [0.5, 0.6) is 0 Å². The van der Waals surface area contributed by atoms with E-state index < -0.39 is 0 Å². The predicted octanol–water partition coefficient (Wildman–Crippen LogP) is 3.95. The number of benzene rings is 2. The van der Waals surface area contributed by atoms with Crippen molar-refractivity contribution in [1.82, 2.24) is 10.6 Å². The number of carbonyl (C=O) groups is 1. The lowest BCUT2D eigenvalue weighted by molar-refractivity contribution is 0.237. The molecular weight excluding hydrogens is 279 g/mol. The van der Waals surface area contributed by atoms with Crippen molar-refractivity contribution >= 4 is 6.03 Å². The Morgan fingerprint density at radius 2 is 1.86 bits per heavy atom. The fourth-order valence-corrected chi connectivity index (χ4v) is 2.20. The Morgan fingerprint density at radius 1 is 1.14 bits per heavy atom. The highest BCUT2D eigenvalue weighted by molar-refractivity contribution is 5.74. The lowest BCUT2D eigenvalue weighted by Gasteiger charge is -2.15. The number of carbonyl (C=O) groups excluding carboxylic acids is 1. The van der Waals surface area contributed by atoms with Crippen LogP contribution in [-0.2, 0) is 13.0 Å². The van der Waals surface area contributed by atoms with Crippen molar-refractivity contribution in [2.24, 2.45) is 0 Å². The number of halogens is 1. The lowest BCUT2D eigenvalue weighted by Crippen LogP contribution is -2.36. The Labute approximate surface area is 130 Å².